The lowest BCUT2D eigenvalue weighted by Gasteiger charge is -2.31. The molecule has 0 bridgehead atoms. The number of ether oxygens (including phenoxy) is 1. The van der Waals surface area contributed by atoms with Crippen LogP contribution in [-0.4, -0.2) is 33.5 Å². The van der Waals surface area contributed by atoms with E-state index in [0.29, 0.717) is 5.56 Å². The van der Waals surface area contributed by atoms with Gasteiger partial charge in [0.25, 0.3) is 5.91 Å². The monoisotopic (exact) mass is 472 g/mol. The van der Waals surface area contributed by atoms with Gasteiger partial charge in [-0.05, 0) is 42.3 Å². The van der Waals surface area contributed by atoms with Gasteiger partial charge in [-0.15, -0.1) is 0 Å². The molecular formula is C26H24N4O5. The summed E-state index contributed by atoms with van der Waals surface area (Å²) in [6.45, 7) is 2.32. The first-order chi connectivity index (χ1) is 17.1. The van der Waals surface area contributed by atoms with Gasteiger partial charge in [0.1, 0.15) is 17.5 Å². The van der Waals surface area contributed by atoms with Gasteiger partial charge < -0.3 is 19.6 Å². The van der Waals surface area contributed by atoms with E-state index in [9.17, 15) is 14.7 Å². The summed E-state index contributed by atoms with van der Waals surface area (Å²) in [7, 11) is 0. The fourth-order valence-corrected chi connectivity index (χ4v) is 3.62. The summed E-state index contributed by atoms with van der Waals surface area (Å²) < 4.78 is 11.0. The molecule has 9 nitrogen and oxygen atoms in total. The second kappa shape index (κ2) is 11.0. The maximum atomic E-state index is 13.7. The fourth-order valence-electron chi connectivity index (χ4n) is 3.62. The number of aromatic nitrogens is 2. The van der Waals surface area contributed by atoms with E-state index in [-0.39, 0.29) is 36.1 Å². The van der Waals surface area contributed by atoms with Crippen molar-refractivity contribution in [2.75, 3.05) is 11.5 Å². The minimum Gasteiger partial charge on any atom is -0.508 e. The van der Waals surface area contributed by atoms with Gasteiger partial charge in [-0.3, -0.25) is 19.5 Å². The zero-order valence-corrected chi connectivity index (χ0v) is 19.0. The first kappa shape index (κ1) is 23.5. The maximum absolute atomic E-state index is 13.7. The van der Waals surface area contributed by atoms with Crippen LogP contribution in [0, 0.1) is 0 Å². The van der Waals surface area contributed by atoms with E-state index in [1.807, 2.05) is 30.3 Å². The molecule has 0 radical (unpaired) electrons. The molecule has 0 aliphatic heterocycles. The Labute approximate surface area is 202 Å². The molecule has 0 saturated heterocycles. The van der Waals surface area contributed by atoms with E-state index in [1.54, 1.807) is 31.5 Å². The molecule has 4 aromatic rings. The summed E-state index contributed by atoms with van der Waals surface area (Å²) in [6.07, 6.45) is 5.51. The number of benzene rings is 2. The molecule has 178 valence electrons. The number of carbonyl (C=O) groups excluding carboxylic acids is 2. The van der Waals surface area contributed by atoms with Crippen LogP contribution in [0.3, 0.4) is 0 Å². The van der Waals surface area contributed by atoms with Crippen LogP contribution in [0.25, 0.3) is 0 Å². The average Bonchev–Trinajstić information content (AvgIpc) is 3.43. The third-order valence-electron chi connectivity index (χ3n) is 5.20. The van der Waals surface area contributed by atoms with Crippen molar-refractivity contribution >= 4 is 17.5 Å². The van der Waals surface area contributed by atoms with Crippen LogP contribution in [0.1, 0.15) is 34.6 Å². The molecule has 2 amide bonds. The molecule has 2 aromatic heterocycles. The lowest BCUT2D eigenvalue weighted by molar-refractivity contribution is -0.122. The van der Waals surface area contributed by atoms with E-state index < -0.39 is 17.9 Å². The van der Waals surface area contributed by atoms with Gasteiger partial charge in [0.2, 0.25) is 11.7 Å². The van der Waals surface area contributed by atoms with Crippen molar-refractivity contribution in [3.05, 3.63) is 103 Å². The number of nitrogens with zero attached hydrogens (tertiary/aromatic N) is 3. The van der Waals surface area contributed by atoms with Gasteiger partial charge >= 0.3 is 0 Å². The highest BCUT2D eigenvalue weighted by molar-refractivity contribution is 6.09. The van der Waals surface area contributed by atoms with Gasteiger partial charge in [-0.2, -0.15) is 0 Å². The Hall–Kier alpha value is -4.66. The van der Waals surface area contributed by atoms with E-state index in [1.165, 1.54) is 29.3 Å². The Morgan fingerprint density at radius 1 is 1.09 bits per heavy atom. The molecule has 0 spiro atoms. The number of hydrogen-bond acceptors (Lipinski definition) is 7. The predicted molar refractivity (Wildman–Crippen MR) is 128 cm³/mol. The minimum atomic E-state index is -1.11. The van der Waals surface area contributed by atoms with Gasteiger partial charge in [-0.25, -0.2) is 4.98 Å². The quantitative estimate of drug-likeness (QED) is 0.380. The molecular weight excluding hydrogens is 448 g/mol. The molecule has 0 aliphatic rings. The Balaban J connectivity index is 1.82. The number of hydrogen-bond donors (Lipinski definition) is 2. The number of pyridine rings is 1. The van der Waals surface area contributed by atoms with Gasteiger partial charge in [0, 0.05) is 25.0 Å². The molecule has 2 N–H and O–H groups in total. The number of oxazole rings is 1. The summed E-state index contributed by atoms with van der Waals surface area (Å²) in [4.78, 5) is 36.6. The van der Waals surface area contributed by atoms with E-state index in [4.69, 9.17) is 9.15 Å². The number of anilines is 1. The number of amides is 2. The number of rotatable bonds is 9. The Kier molecular flexibility index (Phi) is 7.37. The fraction of sp³-hybridized carbons (Fsp3) is 0.154. The maximum Gasteiger partial charge on any atom is 0.296 e. The van der Waals surface area contributed by atoms with Crippen molar-refractivity contribution in [3.8, 4) is 11.5 Å². The molecule has 1 atom stereocenters. The average molecular weight is 473 g/mol. The second-order valence-electron chi connectivity index (χ2n) is 7.51. The third-order valence-corrected chi connectivity index (χ3v) is 5.20. The van der Waals surface area contributed by atoms with Crippen LogP contribution in [0.4, 0.5) is 5.69 Å². The minimum absolute atomic E-state index is 0.0433. The van der Waals surface area contributed by atoms with Gasteiger partial charge in [0.15, 0.2) is 6.39 Å². The van der Waals surface area contributed by atoms with E-state index in [2.05, 4.69) is 15.3 Å². The Morgan fingerprint density at radius 2 is 1.86 bits per heavy atom. The van der Waals surface area contributed by atoms with E-state index >= 15 is 0 Å². The SMILES string of the molecule is CCOc1cc(O)ccc1N(C(=O)c1cnco1)C(C(=O)NCc1ccccc1)c1ccncc1. The summed E-state index contributed by atoms with van der Waals surface area (Å²) in [5, 5.41) is 13.0. The first-order valence-electron chi connectivity index (χ1n) is 11.0. The van der Waals surface area contributed by atoms with Crippen molar-refractivity contribution in [1.82, 2.24) is 15.3 Å². The largest absolute Gasteiger partial charge is 0.508 e. The summed E-state index contributed by atoms with van der Waals surface area (Å²) in [5.74, 6) is -0.904. The van der Waals surface area contributed by atoms with Crippen LogP contribution in [0.2, 0.25) is 0 Å². The molecule has 1 unspecified atom stereocenters. The normalized spacial score (nSPS) is 11.5. The summed E-state index contributed by atoms with van der Waals surface area (Å²) in [6, 6.07) is 16.0. The number of carbonyl (C=O) groups is 2. The number of phenols is 1. The molecule has 9 heteroatoms. The predicted octanol–water partition coefficient (Wildman–Crippen LogP) is 3.88. The molecule has 0 saturated carbocycles. The highest BCUT2D eigenvalue weighted by Gasteiger charge is 2.36. The highest BCUT2D eigenvalue weighted by atomic mass is 16.5. The van der Waals surface area contributed by atoms with Crippen molar-refractivity contribution < 1.29 is 23.8 Å². The highest BCUT2D eigenvalue weighted by Crippen LogP contribution is 2.38. The molecule has 2 aromatic carbocycles. The van der Waals surface area contributed by atoms with Gasteiger partial charge in [0.05, 0.1) is 18.5 Å². The van der Waals surface area contributed by atoms with Gasteiger partial charge in [-0.1, -0.05) is 30.3 Å². The molecule has 0 fully saturated rings. The van der Waals surface area contributed by atoms with Crippen LogP contribution in [0.5, 0.6) is 11.5 Å². The van der Waals surface area contributed by atoms with Crippen LogP contribution in [0.15, 0.2) is 90.1 Å². The van der Waals surface area contributed by atoms with E-state index in [0.717, 1.165) is 12.0 Å². The first-order valence-corrected chi connectivity index (χ1v) is 11.0. The molecule has 2 heterocycles. The van der Waals surface area contributed by atoms with Crippen LogP contribution >= 0.6 is 0 Å². The molecule has 35 heavy (non-hydrogen) atoms. The number of phenolic OH excluding ortho intramolecular Hbond substituents is 1. The van der Waals surface area contributed by atoms with Crippen LogP contribution in [-0.2, 0) is 11.3 Å². The van der Waals surface area contributed by atoms with Crippen molar-refractivity contribution in [2.24, 2.45) is 0 Å². The number of nitrogens with one attached hydrogen (secondary N) is 1. The smallest absolute Gasteiger partial charge is 0.296 e. The zero-order valence-electron chi connectivity index (χ0n) is 19.0. The van der Waals surface area contributed by atoms with Crippen molar-refractivity contribution in [2.45, 2.75) is 19.5 Å². The second-order valence-corrected chi connectivity index (χ2v) is 7.51. The molecule has 4 rings (SSSR count). The molecule has 0 aliphatic carbocycles. The Morgan fingerprint density at radius 3 is 2.54 bits per heavy atom. The lowest BCUT2D eigenvalue weighted by Crippen LogP contribution is -2.44. The topological polar surface area (TPSA) is 118 Å². The Bertz CT molecular complexity index is 1260. The standard InChI is InChI=1S/C26H24N4O5/c1-2-34-22-14-20(31)8-9-21(22)30(26(33)23-16-28-17-35-23)24(19-10-12-27-13-11-19)25(32)29-15-18-6-4-3-5-7-18/h3-14,16-17,24,31H,2,15H2,1H3,(H,29,32). The van der Waals surface area contributed by atoms with Crippen LogP contribution < -0.4 is 15.0 Å². The number of aromatic hydroxyl groups is 1. The van der Waals surface area contributed by atoms with Crippen molar-refractivity contribution in [1.29, 1.82) is 0 Å². The summed E-state index contributed by atoms with van der Waals surface area (Å²) in [5.41, 5.74) is 1.71. The zero-order chi connectivity index (χ0) is 24.6. The third kappa shape index (κ3) is 5.47. The summed E-state index contributed by atoms with van der Waals surface area (Å²) >= 11 is 0. The van der Waals surface area contributed by atoms with Crippen molar-refractivity contribution in [3.63, 3.8) is 0 Å². The lowest BCUT2D eigenvalue weighted by atomic mass is 10.0.